The first-order valence-electron chi connectivity index (χ1n) is 5.33. The average Bonchev–Trinajstić information content (AvgIpc) is 2.30. The van der Waals surface area contributed by atoms with E-state index >= 15 is 0 Å². The van der Waals surface area contributed by atoms with Crippen LogP contribution in [-0.2, 0) is 12.8 Å². The monoisotopic (exact) mass is 267 g/mol. The summed E-state index contributed by atoms with van der Waals surface area (Å²) >= 11 is 5.83. The highest BCUT2D eigenvalue weighted by Gasteiger charge is 1.99. The Morgan fingerprint density at radius 3 is 2.18 bits per heavy atom. The third kappa shape index (κ3) is 3.95. The third-order valence-corrected chi connectivity index (χ3v) is 2.90. The molecule has 0 aliphatic heterocycles. The summed E-state index contributed by atoms with van der Waals surface area (Å²) in [5.74, 6) is 0. The second-order valence-corrected chi connectivity index (χ2v) is 4.26. The number of hydrogen-bond acceptors (Lipinski definition) is 1. The zero-order chi connectivity index (χ0) is 11.4. The fourth-order valence-electron chi connectivity index (χ4n) is 1.69. The van der Waals surface area contributed by atoms with E-state index in [1.165, 1.54) is 11.1 Å². The summed E-state index contributed by atoms with van der Waals surface area (Å²) in [5.41, 5.74) is 9.25. The molecule has 0 saturated carbocycles. The van der Waals surface area contributed by atoms with E-state index in [9.17, 15) is 0 Å². The van der Waals surface area contributed by atoms with Gasteiger partial charge in [0.25, 0.3) is 0 Å². The second kappa shape index (κ2) is 6.53. The molecular weight excluding hydrogens is 253 g/mol. The number of nitrogens with two attached hydrogens (primary N) is 1. The minimum Gasteiger partial charge on any atom is -0.399 e. The summed E-state index contributed by atoms with van der Waals surface area (Å²) in [7, 11) is 0. The van der Waals surface area contributed by atoms with E-state index in [0.717, 1.165) is 23.6 Å². The molecule has 2 aromatic rings. The lowest BCUT2D eigenvalue weighted by molar-refractivity contribution is 0.963. The highest BCUT2D eigenvalue weighted by atomic mass is 35.5. The fraction of sp³-hybridized carbons (Fsp3) is 0.143. The molecule has 0 spiro atoms. The van der Waals surface area contributed by atoms with Crippen LogP contribution in [0.5, 0.6) is 0 Å². The van der Waals surface area contributed by atoms with Crippen molar-refractivity contribution in [3.05, 3.63) is 64.7 Å². The van der Waals surface area contributed by atoms with Crippen molar-refractivity contribution in [3.8, 4) is 0 Å². The zero-order valence-corrected chi connectivity index (χ0v) is 11.0. The van der Waals surface area contributed by atoms with E-state index in [4.69, 9.17) is 17.3 Å². The molecule has 0 fully saturated rings. The lowest BCUT2D eigenvalue weighted by Crippen LogP contribution is -1.96. The largest absolute Gasteiger partial charge is 0.399 e. The van der Waals surface area contributed by atoms with Gasteiger partial charge >= 0.3 is 0 Å². The van der Waals surface area contributed by atoms with Gasteiger partial charge in [-0.05, 0) is 42.2 Å². The van der Waals surface area contributed by atoms with Gasteiger partial charge in [0, 0.05) is 10.7 Å². The normalized spacial score (nSPS) is 9.71. The molecule has 2 N–H and O–H groups in total. The molecule has 0 bridgehead atoms. The quantitative estimate of drug-likeness (QED) is 0.832. The van der Waals surface area contributed by atoms with Crippen LogP contribution in [0, 0.1) is 0 Å². The van der Waals surface area contributed by atoms with Crippen molar-refractivity contribution in [1.29, 1.82) is 0 Å². The van der Waals surface area contributed by atoms with Gasteiger partial charge in [-0.3, -0.25) is 0 Å². The number of halogens is 2. The number of aryl methyl sites for hydroxylation is 2. The van der Waals surface area contributed by atoms with E-state index in [1.807, 2.05) is 30.3 Å². The molecule has 0 aromatic heterocycles. The summed E-state index contributed by atoms with van der Waals surface area (Å²) < 4.78 is 0. The van der Waals surface area contributed by atoms with E-state index in [1.54, 1.807) is 0 Å². The molecular formula is C14H15Cl2N. The summed E-state index contributed by atoms with van der Waals surface area (Å²) in [6, 6.07) is 16.0. The summed E-state index contributed by atoms with van der Waals surface area (Å²) in [6.45, 7) is 0. The SMILES string of the molecule is Cl.Nc1ccccc1CCc1ccc(Cl)cc1. The topological polar surface area (TPSA) is 26.0 Å². The molecule has 3 heteroatoms. The zero-order valence-electron chi connectivity index (χ0n) is 9.40. The van der Waals surface area contributed by atoms with E-state index in [0.29, 0.717) is 0 Å². The Morgan fingerprint density at radius 1 is 0.882 bits per heavy atom. The van der Waals surface area contributed by atoms with Crippen LogP contribution in [0.15, 0.2) is 48.5 Å². The Kier molecular flexibility index (Phi) is 5.33. The average molecular weight is 268 g/mol. The van der Waals surface area contributed by atoms with Crippen LogP contribution in [-0.4, -0.2) is 0 Å². The van der Waals surface area contributed by atoms with Gasteiger partial charge < -0.3 is 5.73 Å². The molecule has 17 heavy (non-hydrogen) atoms. The van der Waals surface area contributed by atoms with Gasteiger partial charge in [-0.25, -0.2) is 0 Å². The lowest BCUT2D eigenvalue weighted by Gasteiger charge is -2.05. The Morgan fingerprint density at radius 2 is 1.53 bits per heavy atom. The molecule has 0 amide bonds. The highest BCUT2D eigenvalue weighted by molar-refractivity contribution is 6.30. The number of para-hydroxylation sites is 1. The van der Waals surface area contributed by atoms with Gasteiger partial charge in [0.15, 0.2) is 0 Å². The molecule has 0 unspecified atom stereocenters. The first-order valence-corrected chi connectivity index (χ1v) is 5.71. The van der Waals surface area contributed by atoms with Gasteiger partial charge in [-0.15, -0.1) is 12.4 Å². The van der Waals surface area contributed by atoms with Crippen LogP contribution < -0.4 is 5.73 Å². The number of nitrogen functional groups attached to an aromatic ring is 1. The Balaban J connectivity index is 0.00000144. The van der Waals surface area contributed by atoms with Gasteiger partial charge in [0.05, 0.1) is 0 Å². The second-order valence-electron chi connectivity index (χ2n) is 3.83. The number of rotatable bonds is 3. The van der Waals surface area contributed by atoms with Crippen LogP contribution in [0.1, 0.15) is 11.1 Å². The maximum Gasteiger partial charge on any atom is 0.0406 e. The summed E-state index contributed by atoms with van der Waals surface area (Å²) in [5, 5.41) is 0.781. The Labute approximate surface area is 113 Å². The molecule has 0 aliphatic carbocycles. The van der Waals surface area contributed by atoms with E-state index in [2.05, 4.69) is 18.2 Å². The molecule has 0 aliphatic rings. The minimum atomic E-state index is 0. The van der Waals surface area contributed by atoms with Crippen molar-refractivity contribution in [1.82, 2.24) is 0 Å². The van der Waals surface area contributed by atoms with Crippen molar-refractivity contribution in [2.75, 3.05) is 5.73 Å². The van der Waals surface area contributed by atoms with E-state index < -0.39 is 0 Å². The predicted octanol–water partition coefficient (Wildman–Crippen LogP) is 4.13. The van der Waals surface area contributed by atoms with Gasteiger partial charge in [-0.1, -0.05) is 41.9 Å². The van der Waals surface area contributed by atoms with Crippen LogP contribution >= 0.6 is 24.0 Å². The molecule has 2 aromatic carbocycles. The van der Waals surface area contributed by atoms with Gasteiger partial charge in [-0.2, -0.15) is 0 Å². The lowest BCUT2D eigenvalue weighted by atomic mass is 10.0. The maximum atomic E-state index is 5.89. The summed E-state index contributed by atoms with van der Waals surface area (Å²) in [6.07, 6.45) is 1.96. The van der Waals surface area contributed by atoms with Crippen LogP contribution in [0.2, 0.25) is 5.02 Å². The van der Waals surface area contributed by atoms with Crippen molar-refractivity contribution in [2.24, 2.45) is 0 Å². The van der Waals surface area contributed by atoms with Crippen LogP contribution in [0.25, 0.3) is 0 Å². The first kappa shape index (κ1) is 13.9. The number of anilines is 1. The van der Waals surface area contributed by atoms with Gasteiger partial charge in [0.2, 0.25) is 0 Å². The molecule has 2 rings (SSSR count). The number of benzene rings is 2. The summed E-state index contributed by atoms with van der Waals surface area (Å²) in [4.78, 5) is 0. The fourth-order valence-corrected chi connectivity index (χ4v) is 1.82. The standard InChI is InChI=1S/C14H14ClN.ClH/c15-13-9-6-11(7-10-13)5-8-12-3-1-2-4-14(12)16;/h1-4,6-7,9-10H,5,8,16H2;1H. The Bertz CT molecular complexity index is 466. The Hall–Kier alpha value is -1.18. The van der Waals surface area contributed by atoms with Gasteiger partial charge in [0.1, 0.15) is 0 Å². The van der Waals surface area contributed by atoms with Crippen LogP contribution in [0.3, 0.4) is 0 Å². The van der Waals surface area contributed by atoms with Crippen molar-refractivity contribution < 1.29 is 0 Å². The number of hydrogen-bond donors (Lipinski definition) is 1. The first-order chi connectivity index (χ1) is 7.75. The van der Waals surface area contributed by atoms with Crippen molar-refractivity contribution >= 4 is 29.7 Å². The molecule has 0 radical (unpaired) electrons. The van der Waals surface area contributed by atoms with Crippen molar-refractivity contribution in [3.63, 3.8) is 0 Å². The molecule has 1 nitrogen and oxygen atoms in total. The van der Waals surface area contributed by atoms with Crippen LogP contribution in [0.4, 0.5) is 5.69 Å². The molecule has 0 heterocycles. The maximum absolute atomic E-state index is 5.89. The smallest absolute Gasteiger partial charge is 0.0406 e. The van der Waals surface area contributed by atoms with Crippen molar-refractivity contribution in [2.45, 2.75) is 12.8 Å². The molecule has 0 saturated heterocycles. The molecule has 90 valence electrons. The highest BCUT2D eigenvalue weighted by Crippen LogP contribution is 2.15. The predicted molar refractivity (Wildman–Crippen MR) is 77.0 cm³/mol. The third-order valence-electron chi connectivity index (χ3n) is 2.65. The molecule has 0 atom stereocenters. The minimum absolute atomic E-state index is 0. The van der Waals surface area contributed by atoms with E-state index in [-0.39, 0.29) is 12.4 Å².